The summed E-state index contributed by atoms with van der Waals surface area (Å²) in [4.78, 5) is 34.7. The van der Waals surface area contributed by atoms with Crippen molar-refractivity contribution in [2.75, 3.05) is 20.2 Å². The van der Waals surface area contributed by atoms with E-state index in [9.17, 15) is 9.59 Å². The third-order valence-electron chi connectivity index (χ3n) is 6.21. The average Bonchev–Trinajstić information content (AvgIpc) is 3.20. The molecule has 7 heteroatoms. The maximum absolute atomic E-state index is 13.1. The molecule has 3 aliphatic heterocycles. The lowest BCUT2D eigenvalue weighted by Crippen LogP contribution is -2.41. The first-order valence-electron chi connectivity index (χ1n) is 10.9. The number of hydrogen-bond acceptors (Lipinski definition) is 6. The fourth-order valence-electron chi connectivity index (χ4n) is 4.39. The third kappa shape index (κ3) is 4.28. The number of amides is 1. The van der Waals surface area contributed by atoms with Crippen LogP contribution >= 0.6 is 11.8 Å². The normalized spacial score (nSPS) is 21.6. The number of carbonyl (C=O) groups is 2. The first-order valence-corrected chi connectivity index (χ1v) is 11.8. The Morgan fingerprint density at radius 1 is 1.19 bits per heavy atom. The number of piperidine rings is 1. The van der Waals surface area contributed by atoms with Crippen LogP contribution in [0.5, 0.6) is 0 Å². The van der Waals surface area contributed by atoms with E-state index in [1.54, 1.807) is 0 Å². The predicted molar refractivity (Wildman–Crippen MR) is 123 cm³/mol. The molecule has 0 spiro atoms. The van der Waals surface area contributed by atoms with Gasteiger partial charge in [0.15, 0.2) is 5.17 Å². The number of allylic oxidation sites excluding steroid dienone is 1. The highest BCUT2D eigenvalue weighted by Crippen LogP contribution is 2.45. The minimum Gasteiger partial charge on any atom is -0.466 e. The van der Waals surface area contributed by atoms with Crippen molar-refractivity contribution < 1.29 is 14.3 Å². The van der Waals surface area contributed by atoms with Gasteiger partial charge in [0.2, 0.25) is 5.91 Å². The molecule has 1 fully saturated rings. The highest BCUT2D eigenvalue weighted by Gasteiger charge is 2.41. The average molecular weight is 440 g/mol. The Bertz CT molecular complexity index is 946. The van der Waals surface area contributed by atoms with Gasteiger partial charge in [-0.25, -0.2) is 9.79 Å². The van der Waals surface area contributed by atoms with Gasteiger partial charge in [0.05, 0.1) is 30.8 Å². The number of aliphatic imine (C=N–C) groups is 1. The number of amidine groups is 1. The first-order chi connectivity index (χ1) is 15.0. The molecule has 1 aromatic carbocycles. The lowest BCUT2D eigenvalue weighted by Gasteiger charge is -2.37. The van der Waals surface area contributed by atoms with Gasteiger partial charge in [0.1, 0.15) is 0 Å². The molecule has 1 saturated heterocycles. The van der Waals surface area contributed by atoms with E-state index in [1.165, 1.54) is 18.9 Å². The van der Waals surface area contributed by atoms with Crippen LogP contribution in [0.1, 0.15) is 51.1 Å². The zero-order chi connectivity index (χ0) is 22.0. The van der Waals surface area contributed by atoms with E-state index in [0.717, 1.165) is 48.1 Å². The summed E-state index contributed by atoms with van der Waals surface area (Å²) in [7, 11) is 1.40. The topological polar surface area (TPSA) is 62.2 Å². The van der Waals surface area contributed by atoms with Crippen LogP contribution < -0.4 is 0 Å². The van der Waals surface area contributed by atoms with Gasteiger partial charge in [-0.2, -0.15) is 0 Å². The third-order valence-corrected chi connectivity index (χ3v) is 7.10. The maximum atomic E-state index is 13.1. The van der Waals surface area contributed by atoms with Crippen LogP contribution in [0.15, 0.2) is 57.7 Å². The summed E-state index contributed by atoms with van der Waals surface area (Å²) < 4.78 is 5.15. The standard InChI is InChI=1S/C24H29N3O3S/c1-4-19-21(23(29)30-3)22(17-8-6-5-7-9-17)27-18(15-31-24(27)25-19)14-20(28)26-12-10-16(2)11-13-26/h5-9,15-16,22H,4,10-14H2,1-3H3. The smallest absolute Gasteiger partial charge is 0.338 e. The number of hydrogen-bond donors (Lipinski definition) is 0. The number of benzene rings is 1. The lowest BCUT2D eigenvalue weighted by molar-refractivity contribution is -0.136. The quantitative estimate of drug-likeness (QED) is 0.634. The Balaban J connectivity index is 1.67. The van der Waals surface area contributed by atoms with Crippen LogP contribution in [0.25, 0.3) is 0 Å². The van der Waals surface area contributed by atoms with Gasteiger partial charge in [0, 0.05) is 18.8 Å². The van der Waals surface area contributed by atoms with Gasteiger partial charge in [-0.3, -0.25) is 4.79 Å². The second kappa shape index (κ2) is 9.30. The van der Waals surface area contributed by atoms with Gasteiger partial charge in [-0.15, -0.1) is 0 Å². The molecule has 0 radical (unpaired) electrons. The highest BCUT2D eigenvalue weighted by atomic mass is 32.2. The molecule has 0 saturated carbocycles. The Morgan fingerprint density at radius 3 is 2.55 bits per heavy atom. The van der Waals surface area contributed by atoms with Crippen LogP contribution in [-0.4, -0.2) is 47.0 Å². The Hall–Kier alpha value is -2.54. The minimum atomic E-state index is -0.374. The number of rotatable bonds is 5. The van der Waals surface area contributed by atoms with E-state index in [2.05, 4.69) is 11.8 Å². The molecule has 0 aromatic heterocycles. The number of carbonyl (C=O) groups excluding carboxylic acids is 2. The Labute approximate surface area is 188 Å². The van der Waals surface area contributed by atoms with Crippen molar-refractivity contribution in [1.29, 1.82) is 0 Å². The monoisotopic (exact) mass is 439 g/mol. The fourth-order valence-corrected chi connectivity index (χ4v) is 5.33. The minimum absolute atomic E-state index is 0.136. The molecule has 0 aliphatic carbocycles. The second-order valence-corrected chi connectivity index (χ2v) is 9.09. The highest BCUT2D eigenvalue weighted by molar-refractivity contribution is 8.16. The van der Waals surface area contributed by atoms with E-state index in [-0.39, 0.29) is 17.9 Å². The number of thioether (sulfide) groups is 1. The molecule has 0 N–H and O–H groups in total. The van der Waals surface area contributed by atoms with Gasteiger partial charge in [0.25, 0.3) is 0 Å². The first kappa shape index (κ1) is 21.7. The van der Waals surface area contributed by atoms with Crippen molar-refractivity contribution in [2.45, 2.75) is 45.6 Å². The van der Waals surface area contributed by atoms with Crippen molar-refractivity contribution >= 4 is 28.8 Å². The molecule has 0 bridgehead atoms. The number of likely N-dealkylation sites (tertiary alicyclic amines) is 1. The number of nitrogens with zero attached hydrogens (tertiary/aromatic N) is 3. The molecule has 164 valence electrons. The van der Waals surface area contributed by atoms with Crippen LogP contribution in [0.2, 0.25) is 0 Å². The van der Waals surface area contributed by atoms with Crippen LogP contribution in [0.4, 0.5) is 0 Å². The van der Waals surface area contributed by atoms with Gasteiger partial charge in [-0.05, 0) is 36.2 Å². The van der Waals surface area contributed by atoms with E-state index in [0.29, 0.717) is 24.3 Å². The number of methoxy groups -OCH3 is 1. The van der Waals surface area contributed by atoms with Gasteiger partial charge in [-0.1, -0.05) is 55.9 Å². The van der Waals surface area contributed by atoms with Crippen molar-refractivity contribution in [1.82, 2.24) is 9.80 Å². The molecule has 1 unspecified atom stereocenters. The van der Waals surface area contributed by atoms with Gasteiger partial charge < -0.3 is 14.5 Å². The molecular weight excluding hydrogens is 410 g/mol. The van der Waals surface area contributed by atoms with Crippen LogP contribution in [0.3, 0.4) is 0 Å². The summed E-state index contributed by atoms with van der Waals surface area (Å²) in [6, 6.07) is 9.56. The molecule has 4 rings (SSSR count). The Kier molecular flexibility index (Phi) is 6.51. The maximum Gasteiger partial charge on any atom is 0.338 e. The molecule has 31 heavy (non-hydrogen) atoms. The van der Waals surface area contributed by atoms with Crippen molar-refractivity contribution in [3.05, 3.63) is 58.3 Å². The molecule has 1 atom stereocenters. The molecule has 1 amide bonds. The van der Waals surface area contributed by atoms with E-state index >= 15 is 0 Å². The SMILES string of the molecule is CCC1=C(C(=O)OC)C(c2ccccc2)N2C(CC(=O)N3CCC(C)CC3)=CSC2=N1. The molecular formula is C24H29N3O3S. The number of ether oxygens (including phenoxy) is 1. The molecule has 3 heterocycles. The number of esters is 1. The molecule has 3 aliphatic rings. The van der Waals surface area contributed by atoms with E-state index in [4.69, 9.17) is 9.73 Å². The summed E-state index contributed by atoms with van der Waals surface area (Å²) in [5.74, 6) is 0.437. The van der Waals surface area contributed by atoms with Crippen molar-refractivity contribution in [2.24, 2.45) is 10.9 Å². The second-order valence-electron chi connectivity index (χ2n) is 8.25. The van der Waals surface area contributed by atoms with Crippen LogP contribution in [-0.2, 0) is 14.3 Å². The zero-order valence-electron chi connectivity index (χ0n) is 18.3. The lowest BCUT2D eigenvalue weighted by atomic mass is 9.93. The summed E-state index contributed by atoms with van der Waals surface area (Å²) in [6.07, 6.45) is 3.04. The Morgan fingerprint density at radius 2 is 1.90 bits per heavy atom. The summed E-state index contributed by atoms with van der Waals surface area (Å²) in [5.41, 5.74) is 3.16. The summed E-state index contributed by atoms with van der Waals surface area (Å²) in [6.45, 7) is 5.87. The van der Waals surface area contributed by atoms with Crippen LogP contribution in [0, 0.1) is 5.92 Å². The largest absolute Gasteiger partial charge is 0.466 e. The van der Waals surface area contributed by atoms with Crippen molar-refractivity contribution in [3.63, 3.8) is 0 Å². The zero-order valence-corrected chi connectivity index (χ0v) is 19.2. The van der Waals surface area contributed by atoms with E-state index in [1.807, 2.05) is 47.6 Å². The van der Waals surface area contributed by atoms with Crippen molar-refractivity contribution in [3.8, 4) is 0 Å². The fraction of sp³-hybridized carbons (Fsp3) is 0.458. The van der Waals surface area contributed by atoms with Gasteiger partial charge >= 0.3 is 5.97 Å². The molecule has 1 aromatic rings. The van der Waals surface area contributed by atoms with E-state index < -0.39 is 0 Å². The molecule has 6 nitrogen and oxygen atoms in total. The summed E-state index contributed by atoms with van der Waals surface area (Å²) >= 11 is 1.52. The predicted octanol–water partition coefficient (Wildman–Crippen LogP) is 4.47. The number of fused-ring (bicyclic) bond motifs is 1. The summed E-state index contributed by atoms with van der Waals surface area (Å²) in [5, 5.41) is 2.82.